The summed E-state index contributed by atoms with van der Waals surface area (Å²) in [7, 11) is 0.962. The van der Waals surface area contributed by atoms with Gasteiger partial charge in [-0.2, -0.15) is 0 Å². The summed E-state index contributed by atoms with van der Waals surface area (Å²) in [5.74, 6) is 0.811. The molecule has 1 aromatic heterocycles. The minimum Gasteiger partial charge on any atom is -0.488 e. The van der Waals surface area contributed by atoms with E-state index in [-0.39, 0.29) is 16.9 Å². The number of sulfonamides is 1. The van der Waals surface area contributed by atoms with Crippen molar-refractivity contribution < 1.29 is 27.4 Å². The lowest BCUT2D eigenvalue weighted by Gasteiger charge is -2.16. The summed E-state index contributed by atoms with van der Waals surface area (Å²) in [6.07, 6.45) is 1.34. The molecule has 0 aliphatic heterocycles. The third-order valence-electron chi connectivity index (χ3n) is 4.37. The van der Waals surface area contributed by atoms with Crippen LogP contribution in [0.1, 0.15) is 17.3 Å². The van der Waals surface area contributed by atoms with Crippen molar-refractivity contribution in [1.29, 1.82) is 0 Å². The lowest BCUT2D eigenvalue weighted by molar-refractivity contribution is 0.0916. The molecule has 1 heterocycles. The molecular weight excluding hydrogens is 466 g/mol. The van der Waals surface area contributed by atoms with Crippen molar-refractivity contribution in [1.82, 2.24) is 9.29 Å². The van der Waals surface area contributed by atoms with Crippen LogP contribution >= 0.6 is 11.3 Å². The van der Waals surface area contributed by atoms with E-state index >= 15 is 0 Å². The van der Waals surface area contributed by atoms with Crippen LogP contribution in [-0.2, 0) is 14.8 Å². The molecule has 0 spiro atoms. The van der Waals surface area contributed by atoms with Gasteiger partial charge in [-0.1, -0.05) is 0 Å². The Hall–Kier alpha value is -2.99. The van der Waals surface area contributed by atoms with Crippen molar-refractivity contribution in [2.24, 2.45) is 0 Å². The van der Waals surface area contributed by atoms with Gasteiger partial charge in [-0.05, 0) is 43.3 Å². The number of hydrogen-bond acceptors (Lipinski definition) is 8. The van der Waals surface area contributed by atoms with Gasteiger partial charge in [0.05, 0.1) is 11.5 Å². The van der Waals surface area contributed by atoms with Crippen LogP contribution in [0, 0.1) is 0 Å². The zero-order chi connectivity index (χ0) is 24.0. The number of carbonyl (C=O) groups excluding carboxylic acids is 1. The number of methoxy groups -OCH3 is 1. The number of hydrogen-bond donors (Lipinski definition) is 1. The Labute approximate surface area is 197 Å². The van der Waals surface area contributed by atoms with Gasteiger partial charge >= 0.3 is 0 Å². The fourth-order valence-corrected chi connectivity index (χ4v) is 4.24. The lowest BCUT2D eigenvalue weighted by Crippen LogP contribution is -2.22. The van der Waals surface area contributed by atoms with Gasteiger partial charge in [0.15, 0.2) is 5.13 Å². The van der Waals surface area contributed by atoms with Gasteiger partial charge in [0.1, 0.15) is 23.4 Å². The molecule has 3 aromatic rings. The van der Waals surface area contributed by atoms with Crippen molar-refractivity contribution in [2.45, 2.75) is 17.9 Å². The van der Waals surface area contributed by atoms with Gasteiger partial charge in [-0.15, -0.1) is 11.3 Å². The molecular formula is C22H25N3O6S2. The molecule has 0 saturated heterocycles. The van der Waals surface area contributed by atoms with E-state index < -0.39 is 10.0 Å². The predicted molar refractivity (Wildman–Crippen MR) is 126 cm³/mol. The number of rotatable bonds is 10. The first kappa shape index (κ1) is 24.6. The number of benzene rings is 2. The van der Waals surface area contributed by atoms with Gasteiger partial charge in [0.25, 0.3) is 5.91 Å². The van der Waals surface area contributed by atoms with Crippen molar-refractivity contribution in [3.8, 4) is 17.2 Å². The highest BCUT2D eigenvalue weighted by Gasteiger charge is 2.17. The maximum absolute atomic E-state index is 12.7. The van der Waals surface area contributed by atoms with Crippen molar-refractivity contribution in [2.75, 3.05) is 33.1 Å². The molecule has 1 amide bonds. The number of nitrogens with zero attached hydrogens (tertiary/aromatic N) is 2. The average Bonchev–Trinajstić information content (AvgIpc) is 3.27. The number of ether oxygens (including phenoxy) is 3. The first-order valence-corrected chi connectivity index (χ1v) is 12.2. The molecule has 0 unspecified atom stereocenters. The van der Waals surface area contributed by atoms with Crippen LogP contribution in [0.25, 0.3) is 0 Å². The maximum atomic E-state index is 12.7. The number of carbonyl (C=O) groups is 1. The molecule has 0 fully saturated rings. The fourth-order valence-electron chi connectivity index (χ4n) is 2.81. The van der Waals surface area contributed by atoms with Gasteiger partial charge in [-0.3, -0.25) is 10.1 Å². The van der Waals surface area contributed by atoms with E-state index in [0.29, 0.717) is 34.6 Å². The number of amides is 1. The average molecular weight is 492 g/mol. The minimum atomic E-state index is -3.55. The molecule has 9 nitrogen and oxygen atoms in total. The SMILES string of the molecule is COC[C@H](C)Oc1cc(Oc2ccc(S(=O)(=O)N(C)C)cc2)cc(C(=O)Nc2nccs2)c1. The van der Waals surface area contributed by atoms with Crippen LogP contribution < -0.4 is 14.8 Å². The summed E-state index contributed by atoms with van der Waals surface area (Å²) in [6, 6.07) is 10.8. The second-order valence-electron chi connectivity index (χ2n) is 7.23. The molecule has 0 aliphatic carbocycles. The van der Waals surface area contributed by atoms with E-state index in [4.69, 9.17) is 14.2 Å². The van der Waals surface area contributed by atoms with Crippen molar-refractivity contribution in [3.63, 3.8) is 0 Å². The molecule has 2 aromatic carbocycles. The van der Waals surface area contributed by atoms with E-state index in [1.54, 1.807) is 49.0 Å². The van der Waals surface area contributed by atoms with E-state index in [1.807, 2.05) is 6.92 Å². The quantitative estimate of drug-likeness (QED) is 0.459. The fraction of sp³-hybridized carbons (Fsp3) is 0.273. The zero-order valence-electron chi connectivity index (χ0n) is 18.6. The smallest absolute Gasteiger partial charge is 0.257 e. The number of nitrogens with one attached hydrogen (secondary N) is 1. The standard InChI is InChI=1S/C22H25N3O6S2/c1-15(14-29-4)30-18-11-16(21(26)24-22-23-9-10-32-22)12-19(13-18)31-17-5-7-20(8-6-17)33(27,28)25(2)3/h5-13,15H,14H2,1-4H3,(H,23,24,26)/t15-/m0/s1. The Morgan fingerprint density at radius 3 is 2.42 bits per heavy atom. The summed E-state index contributed by atoms with van der Waals surface area (Å²) in [4.78, 5) is 17.0. The molecule has 0 bridgehead atoms. The van der Waals surface area contributed by atoms with E-state index in [9.17, 15) is 13.2 Å². The maximum Gasteiger partial charge on any atom is 0.257 e. The van der Waals surface area contributed by atoms with Crippen molar-refractivity contribution in [3.05, 3.63) is 59.6 Å². The van der Waals surface area contributed by atoms with Gasteiger partial charge in [0.2, 0.25) is 10.0 Å². The highest BCUT2D eigenvalue weighted by atomic mass is 32.2. The molecule has 1 N–H and O–H groups in total. The zero-order valence-corrected chi connectivity index (χ0v) is 20.3. The van der Waals surface area contributed by atoms with Crippen LogP contribution in [0.4, 0.5) is 5.13 Å². The van der Waals surface area contributed by atoms with Crippen LogP contribution in [0.3, 0.4) is 0 Å². The van der Waals surface area contributed by atoms with Gasteiger partial charge in [-0.25, -0.2) is 17.7 Å². The number of thiazole rings is 1. The lowest BCUT2D eigenvalue weighted by atomic mass is 10.2. The second-order valence-corrected chi connectivity index (χ2v) is 10.3. The summed E-state index contributed by atoms with van der Waals surface area (Å²) in [5.41, 5.74) is 0.314. The summed E-state index contributed by atoms with van der Waals surface area (Å²) in [6.45, 7) is 2.21. The molecule has 1 atom stereocenters. The summed E-state index contributed by atoms with van der Waals surface area (Å²) >= 11 is 1.30. The monoisotopic (exact) mass is 491 g/mol. The van der Waals surface area contributed by atoms with Gasteiger partial charge < -0.3 is 14.2 Å². The first-order chi connectivity index (χ1) is 15.7. The van der Waals surface area contributed by atoms with Crippen LogP contribution in [0.2, 0.25) is 0 Å². The van der Waals surface area contributed by atoms with E-state index in [2.05, 4.69) is 10.3 Å². The molecule has 0 radical (unpaired) electrons. The van der Waals surface area contributed by atoms with E-state index in [0.717, 1.165) is 4.31 Å². The van der Waals surface area contributed by atoms with Gasteiger partial charge in [0, 0.05) is 44.4 Å². The third-order valence-corrected chi connectivity index (χ3v) is 6.89. The number of anilines is 1. The van der Waals surface area contributed by atoms with Crippen LogP contribution in [0.15, 0.2) is 58.9 Å². The number of aromatic nitrogens is 1. The largest absolute Gasteiger partial charge is 0.488 e. The first-order valence-electron chi connectivity index (χ1n) is 9.91. The molecule has 3 rings (SSSR count). The highest BCUT2D eigenvalue weighted by molar-refractivity contribution is 7.89. The molecule has 0 saturated carbocycles. The second kappa shape index (κ2) is 10.8. The van der Waals surface area contributed by atoms with Crippen molar-refractivity contribution >= 4 is 32.4 Å². The molecule has 11 heteroatoms. The predicted octanol–water partition coefficient (Wildman–Crippen LogP) is 3.85. The molecule has 176 valence electrons. The summed E-state index contributed by atoms with van der Waals surface area (Å²) in [5, 5.41) is 4.96. The molecule has 33 heavy (non-hydrogen) atoms. The summed E-state index contributed by atoms with van der Waals surface area (Å²) < 4.78 is 42.5. The molecule has 0 aliphatic rings. The Balaban J connectivity index is 1.87. The normalized spacial score (nSPS) is 12.4. The Morgan fingerprint density at radius 2 is 1.82 bits per heavy atom. The highest BCUT2D eigenvalue weighted by Crippen LogP contribution is 2.29. The third kappa shape index (κ3) is 6.51. The van der Waals surface area contributed by atoms with Crippen LogP contribution in [0.5, 0.6) is 17.2 Å². The minimum absolute atomic E-state index is 0.147. The topological polar surface area (TPSA) is 107 Å². The Kier molecular flexibility index (Phi) is 8.03. The van der Waals surface area contributed by atoms with Crippen LogP contribution in [-0.4, -0.2) is 57.5 Å². The Morgan fingerprint density at radius 1 is 1.12 bits per heavy atom. The Bertz CT molecular complexity index is 1180. The van der Waals surface area contributed by atoms with E-state index in [1.165, 1.54) is 37.6 Å².